The van der Waals surface area contributed by atoms with E-state index in [1.165, 1.54) is 42.5 Å². The highest BCUT2D eigenvalue weighted by molar-refractivity contribution is 9.12. The molecule has 11 heteroatoms. The SMILES string of the molecule is O=C(CN(C(=O)c1ccc(Cl)cc1)N1C(=O)[C@@H]2[C@H]3C[C@@H]([C@H](Br)[C@H]3Br)[C@@H]2C1=O)c1ccc(Cl)cc1Cl. The van der Waals surface area contributed by atoms with Crippen LogP contribution in [-0.4, -0.2) is 49.7 Å². The second-order valence-electron chi connectivity index (χ2n) is 8.91. The predicted octanol–water partition coefficient (Wildman–Crippen LogP) is 5.66. The Kier molecular flexibility index (Phi) is 6.81. The number of nitrogens with zero attached hydrogens (tertiary/aromatic N) is 2. The van der Waals surface area contributed by atoms with Gasteiger partial charge in [0.05, 0.1) is 16.9 Å². The highest BCUT2D eigenvalue weighted by atomic mass is 79.9. The van der Waals surface area contributed by atoms with Gasteiger partial charge in [0.1, 0.15) is 6.54 Å². The molecule has 6 nitrogen and oxygen atoms in total. The van der Waals surface area contributed by atoms with Crippen molar-refractivity contribution in [2.75, 3.05) is 6.54 Å². The van der Waals surface area contributed by atoms with Crippen LogP contribution in [0.4, 0.5) is 0 Å². The minimum absolute atomic E-state index is 0.0373. The van der Waals surface area contributed by atoms with Crippen LogP contribution >= 0.6 is 66.7 Å². The number of carbonyl (C=O) groups is 4. The van der Waals surface area contributed by atoms with Gasteiger partial charge in [0.2, 0.25) is 0 Å². The summed E-state index contributed by atoms with van der Waals surface area (Å²) in [7, 11) is 0. The smallest absolute Gasteiger partial charge is 0.273 e. The number of hydrazine groups is 1. The van der Waals surface area contributed by atoms with Crippen LogP contribution in [0.25, 0.3) is 0 Å². The maximum absolute atomic E-state index is 13.6. The molecule has 182 valence electrons. The number of ketones is 1. The van der Waals surface area contributed by atoms with E-state index < -0.39 is 41.9 Å². The molecule has 3 aliphatic rings. The lowest BCUT2D eigenvalue weighted by atomic mass is 9.81. The Morgan fingerprint density at radius 3 is 1.97 bits per heavy atom. The summed E-state index contributed by atoms with van der Waals surface area (Å²) in [5, 5.41) is 2.69. The Morgan fingerprint density at radius 2 is 1.43 bits per heavy atom. The Labute approximate surface area is 233 Å². The third-order valence-corrected chi connectivity index (χ3v) is 11.1. The molecule has 2 bridgehead atoms. The number of hydrogen-bond donors (Lipinski definition) is 0. The first-order valence-electron chi connectivity index (χ1n) is 10.8. The first-order valence-corrected chi connectivity index (χ1v) is 13.8. The lowest BCUT2D eigenvalue weighted by Crippen LogP contribution is -2.52. The molecule has 35 heavy (non-hydrogen) atoms. The molecule has 0 N–H and O–H groups in total. The molecule has 3 amide bonds. The van der Waals surface area contributed by atoms with Gasteiger partial charge in [-0.1, -0.05) is 66.7 Å². The number of imide groups is 1. The highest BCUT2D eigenvalue weighted by Crippen LogP contribution is 2.60. The Hall–Kier alpha value is -1.45. The number of carbonyl (C=O) groups excluding carboxylic acids is 4. The summed E-state index contributed by atoms with van der Waals surface area (Å²) in [6.07, 6.45) is 0.747. The van der Waals surface area contributed by atoms with Crippen LogP contribution in [0.1, 0.15) is 27.1 Å². The van der Waals surface area contributed by atoms with Gasteiger partial charge in [-0.25, -0.2) is 5.01 Å². The monoisotopic (exact) mass is 660 g/mol. The van der Waals surface area contributed by atoms with Crippen LogP contribution < -0.4 is 0 Å². The predicted molar refractivity (Wildman–Crippen MR) is 139 cm³/mol. The number of rotatable bonds is 5. The Balaban J connectivity index is 1.52. The van der Waals surface area contributed by atoms with Crippen molar-refractivity contribution in [1.82, 2.24) is 10.0 Å². The van der Waals surface area contributed by atoms with Crippen LogP contribution in [0.15, 0.2) is 42.5 Å². The average Bonchev–Trinajstić information content (AvgIpc) is 3.42. The van der Waals surface area contributed by atoms with E-state index in [1.807, 2.05) is 0 Å². The summed E-state index contributed by atoms with van der Waals surface area (Å²) < 4.78 is 0. The van der Waals surface area contributed by atoms with E-state index in [2.05, 4.69) is 31.9 Å². The highest BCUT2D eigenvalue weighted by Gasteiger charge is 2.67. The van der Waals surface area contributed by atoms with E-state index in [9.17, 15) is 19.2 Å². The van der Waals surface area contributed by atoms with Crippen LogP contribution in [0.3, 0.4) is 0 Å². The molecule has 0 radical (unpaired) electrons. The van der Waals surface area contributed by atoms with E-state index >= 15 is 0 Å². The lowest BCUT2D eigenvalue weighted by Gasteiger charge is -2.31. The molecule has 2 aromatic rings. The number of Topliss-reactive ketones (excluding diaryl/α,β-unsaturated/α-hetero) is 1. The number of benzene rings is 2. The normalized spacial score (nSPS) is 29.0. The van der Waals surface area contributed by atoms with E-state index in [1.54, 1.807) is 0 Å². The molecule has 1 aliphatic heterocycles. The number of amides is 3. The van der Waals surface area contributed by atoms with Crippen molar-refractivity contribution >= 4 is 90.2 Å². The zero-order valence-electron chi connectivity index (χ0n) is 17.8. The van der Waals surface area contributed by atoms with Gasteiger partial charge in [-0.2, -0.15) is 5.01 Å². The fraction of sp³-hybridized carbons (Fsp3) is 0.333. The number of hydrogen-bond acceptors (Lipinski definition) is 4. The van der Waals surface area contributed by atoms with Gasteiger partial charge in [-0.05, 0) is 60.7 Å². The number of fused-ring (bicyclic) bond motifs is 5. The number of alkyl halides is 2. The molecule has 2 saturated carbocycles. The summed E-state index contributed by atoms with van der Waals surface area (Å²) in [4.78, 5) is 54.1. The van der Waals surface area contributed by atoms with E-state index in [4.69, 9.17) is 34.8 Å². The molecule has 0 aromatic heterocycles. The fourth-order valence-electron chi connectivity index (χ4n) is 5.48. The Bertz CT molecular complexity index is 1230. The molecule has 3 fully saturated rings. The molecule has 0 spiro atoms. The van der Waals surface area contributed by atoms with Crippen LogP contribution in [-0.2, 0) is 9.59 Å². The van der Waals surface area contributed by atoms with E-state index in [0.717, 1.165) is 16.4 Å². The van der Waals surface area contributed by atoms with E-state index in [-0.39, 0.29) is 37.6 Å². The third-order valence-electron chi connectivity index (χ3n) is 7.06. The molecule has 2 aromatic carbocycles. The van der Waals surface area contributed by atoms with Gasteiger partial charge in [0.25, 0.3) is 17.7 Å². The fourth-order valence-corrected chi connectivity index (χ4v) is 8.00. The van der Waals surface area contributed by atoms with Crippen LogP contribution in [0.2, 0.25) is 15.1 Å². The van der Waals surface area contributed by atoms with Gasteiger partial charge in [0.15, 0.2) is 5.78 Å². The van der Waals surface area contributed by atoms with E-state index in [0.29, 0.717) is 10.0 Å². The van der Waals surface area contributed by atoms with Gasteiger partial charge in [-0.3, -0.25) is 19.2 Å². The van der Waals surface area contributed by atoms with Crippen molar-refractivity contribution in [1.29, 1.82) is 0 Å². The summed E-state index contributed by atoms with van der Waals surface area (Å²) in [6.45, 7) is -0.551. The molecule has 6 atom stereocenters. The molecule has 1 saturated heterocycles. The maximum Gasteiger partial charge on any atom is 0.273 e. The maximum atomic E-state index is 13.6. The van der Waals surface area contributed by atoms with Gasteiger partial charge >= 0.3 is 0 Å². The molecule has 1 heterocycles. The third kappa shape index (κ3) is 4.15. The number of halogens is 5. The standard InChI is InChI=1S/C24H17Br2Cl3N2O4/c25-20-14-8-15(21(20)26)19-18(14)23(34)31(24(19)35)30(22(33)10-1-3-11(27)4-2-10)9-17(32)13-6-5-12(28)7-16(13)29/h1-7,14-15,18-21H,8-9H2/t14-,15-,18-,19+,20+,21+/m1/s1. The second-order valence-corrected chi connectivity index (χ2v) is 12.3. The van der Waals surface area contributed by atoms with Crippen molar-refractivity contribution in [3.8, 4) is 0 Å². The van der Waals surface area contributed by atoms with Crippen LogP contribution in [0, 0.1) is 23.7 Å². The topological polar surface area (TPSA) is 74.8 Å². The first-order chi connectivity index (χ1) is 16.6. The zero-order valence-corrected chi connectivity index (χ0v) is 23.3. The summed E-state index contributed by atoms with van der Waals surface area (Å²) in [5.41, 5.74) is 0.312. The van der Waals surface area contributed by atoms with Crippen molar-refractivity contribution in [2.24, 2.45) is 23.7 Å². The quantitative estimate of drug-likeness (QED) is 0.235. The first kappa shape index (κ1) is 25.2. The summed E-state index contributed by atoms with van der Waals surface area (Å²) >= 11 is 25.4. The lowest BCUT2D eigenvalue weighted by molar-refractivity contribution is -0.154. The Morgan fingerprint density at radius 1 is 0.886 bits per heavy atom. The molecular formula is C24H17Br2Cl3N2O4. The second kappa shape index (κ2) is 9.45. The van der Waals surface area contributed by atoms with Crippen molar-refractivity contribution in [3.05, 3.63) is 68.7 Å². The molecule has 5 rings (SSSR count). The van der Waals surface area contributed by atoms with Crippen molar-refractivity contribution < 1.29 is 19.2 Å². The van der Waals surface area contributed by atoms with Crippen molar-refractivity contribution in [3.63, 3.8) is 0 Å². The minimum Gasteiger partial charge on any atom is -0.292 e. The average molecular weight is 664 g/mol. The molecule has 2 aliphatic carbocycles. The zero-order chi connectivity index (χ0) is 25.2. The van der Waals surface area contributed by atoms with Gasteiger partial charge in [0, 0.05) is 30.8 Å². The largest absolute Gasteiger partial charge is 0.292 e. The minimum atomic E-state index is -0.667. The summed E-state index contributed by atoms with van der Waals surface area (Å²) in [6, 6.07) is 10.4. The van der Waals surface area contributed by atoms with Gasteiger partial charge < -0.3 is 0 Å². The molecular weight excluding hydrogens is 646 g/mol. The van der Waals surface area contributed by atoms with Crippen molar-refractivity contribution in [2.45, 2.75) is 16.1 Å². The summed E-state index contributed by atoms with van der Waals surface area (Å²) in [5.74, 6) is -3.29. The van der Waals surface area contributed by atoms with Gasteiger partial charge in [-0.15, -0.1) is 0 Å². The molecule has 0 unspecified atom stereocenters. The van der Waals surface area contributed by atoms with Crippen LogP contribution in [0.5, 0.6) is 0 Å².